The summed E-state index contributed by atoms with van der Waals surface area (Å²) >= 11 is 0. The van der Waals surface area contributed by atoms with Crippen molar-refractivity contribution in [2.45, 2.75) is 52.5 Å². The van der Waals surface area contributed by atoms with Gasteiger partial charge in [0.1, 0.15) is 5.75 Å². The van der Waals surface area contributed by atoms with Crippen LogP contribution < -0.4 is 10.5 Å². The molecule has 28 heavy (non-hydrogen) atoms. The molecule has 6 nitrogen and oxygen atoms in total. The van der Waals surface area contributed by atoms with E-state index in [9.17, 15) is 9.59 Å². The molecule has 2 saturated heterocycles. The number of nitrogens with two attached hydrogens (primary N) is 1. The van der Waals surface area contributed by atoms with Crippen LogP contribution in [0, 0.1) is 19.8 Å². The van der Waals surface area contributed by atoms with Gasteiger partial charge in [-0.25, -0.2) is 0 Å². The molecule has 1 aromatic rings. The molecule has 154 valence electrons. The van der Waals surface area contributed by atoms with Gasteiger partial charge < -0.3 is 20.3 Å². The Hall–Kier alpha value is -2.08. The maximum Gasteiger partial charge on any atom is 0.260 e. The fourth-order valence-electron chi connectivity index (χ4n) is 4.43. The van der Waals surface area contributed by atoms with Gasteiger partial charge >= 0.3 is 0 Å². The molecule has 2 amide bonds. The Morgan fingerprint density at radius 2 is 1.79 bits per heavy atom. The Labute approximate surface area is 168 Å². The lowest BCUT2D eigenvalue weighted by molar-refractivity contribution is -0.134. The zero-order chi connectivity index (χ0) is 20.3. The molecule has 0 spiro atoms. The van der Waals surface area contributed by atoms with Gasteiger partial charge in [-0.3, -0.25) is 9.59 Å². The highest BCUT2D eigenvalue weighted by Crippen LogP contribution is 2.29. The number of rotatable bonds is 5. The van der Waals surface area contributed by atoms with Crippen molar-refractivity contribution < 1.29 is 14.3 Å². The Bertz CT molecular complexity index is 705. The molecule has 6 heteroatoms. The Balaban J connectivity index is 1.67. The first-order valence-corrected chi connectivity index (χ1v) is 10.4. The van der Waals surface area contributed by atoms with Crippen molar-refractivity contribution in [2.75, 3.05) is 32.8 Å². The van der Waals surface area contributed by atoms with Crippen molar-refractivity contribution in [1.29, 1.82) is 0 Å². The highest BCUT2D eigenvalue weighted by molar-refractivity contribution is 5.95. The van der Waals surface area contributed by atoms with Crippen LogP contribution in [-0.4, -0.2) is 60.4 Å². The average molecular weight is 388 g/mol. The van der Waals surface area contributed by atoms with Crippen LogP contribution in [0.25, 0.3) is 0 Å². The number of hydrogen-bond acceptors (Lipinski definition) is 4. The number of amides is 2. The van der Waals surface area contributed by atoms with E-state index in [1.807, 2.05) is 35.8 Å². The predicted octanol–water partition coefficient (Wildman–Crippen LogP) is 2.50. The predicted molar refractivity (Wildman–Crippen MR) is 110 cm³/mol. The molecule has 0 aromatic heterocycles. The summed E-state index contributed by atoms with van der Waals surface area (Å²) in [5, 5.41) is 0. The third kappa shape index (κ3) is 4.49. The maximum atomic E-state index is 13.0. The summed E-state index contributed by atoms with van der Waals surface area (Å²) in [6.45, 7) is 8.98. The number of hydrogen-bond donors (Lipinski definition) is 1. The average Bonchev–Trinajstić information content (AvgIpc) is 3.08. The largest absolute Gasteiger partial charge is 0.483 e. The van der Waals surface area contributed by atoms with Gasteiger partial charge in [-0.15, -0.1) is 0 Å². The summed E-state index contributed by atoms with van der Waals surface area (Å²) in [5.74, 6) is 1.17. The summed E-state index contributed by atoms with van der Waals surface area (Å²) in [4.78, 5) is 29.2. The summed E-state index contributed by atoms with van der Waals surface area (Å²) in [7, 11) is 0. The van der Waals surface area contributed by atoms with Crippen LogP contribution in [0.15, 0.2) is 12.1 Å². The summed E-state index contributed by atoms with van der Waals surface area (Å²) in [6, 6.07) is 3.96. The Kier molecular flexibility index (Phi) is 6.60. The molecule has 2 fully saturated rings. The normalized spacial score (nSPS) is 22.4. The monoisotopic (exact) mass is 387 g/mol. The van der Waals surface area contributed by atoms with Crippen molar-refractivity contribution in [1.82, 2.24) is 9.80 Å². The van der Waals surface area contributed by atoms with E-state index in [0.29, 0.717) is 23.8 Å². The molecule has 2 atom stereocenters. The van der Waals surface area contributed by atoms with E-state index in [4.69, 9.17) is 10.5 Å². The van der Waals surface area contributed by atoms with Crippen molar-refractivity contribution in [3.63, 3.8) is 0 Å². The number of carbonyl (C=O) groups excluding carboxylic acids is 2. The molecule has 2 unspecified atom stereocenters. The van der Waals surface area contributed by atoms with Gasteiger partial charge in [-0.2, -0.15) is 0 Å². The van der Waals surface area contributed by atoms with E-state index in [0.717, 1.165) is 50.0 Å². The highest BCUT2D eigenvalue weighted by Gasteiger charge is 2.32. The van der Waals surface area contributed by atoms with E-state index < -0.39 is 0 Å². The molecule has 2 heterocycles. The zero-order valence-electron chi connectivity index (χ0n) is 17.4. The van der Waals surface area contributed by atoms with Crippen LogP contribution in [0.4, 0.5) is 0 Å². The lowest BCUT2D eigenvalue weighted by atomic mass is 10.0. The Morgan fingerprint density at radius 3 is 2.36 bits per heavy atom. The molecular formula is C22H33N3O3. The minimum atomic E-state index is 0.0392. The second-order valence-corrected chi connectivity index (χ2v) is 8.31. The van der Waals surface area contributed by atoms with Crippen molar-refractivity contribution in [3.8, 4) is 5.75 Å². The van der Waals surface area contributed by atoms with E-state index in [1.165, 1.54) is 6.42 Å². The smallest absolute Gasteiger partial charge is 0.260 e. The molecule has 3 rings (SSSR count). The molecule has 2 N–H and O–H groups in total. The number of likely N-dealkylation sites (tertiary alicyclic amines) is 2. The molecular weight excluding hydrogens is 354 g/mol. The van der Waals surface area contributed by atoms with Crippen LogP contribution >= 0.6 is 0 Å². The van der Waals surface area contributed by atoms with Gasteiger partial charge in [0.05, 0.1) is 0 Å². The second-order valence-electron chi connectivity index (χ2n) is 8.31. The number of benzene rings is 1. The molecule has 2 aliphatic rings. The van der Waals surface area contributed by atoms with Gasteiger partial charge in [-0.05, 0) is 82.2 Å². The van der Waals surface area contributed by atoms with E-state index in [-0.39, 0.29) is 24.5 Å². The second kappa shape index (κ2) is 8.95. The SMILES string of the molecule is Cc1cc(C(=O)N2CC(CN)CC2C)cc(C)c1OCC(=O)N1CCCCC1. The summed E-state index contributed by atoms with van der Waals surface area (Å²) < 4.78 is 5.87. The third-order valence-electron chi connectivity index (χ3n) is 6.01. The van der Waals surface area contributed by atoms with Crippen LogP contribution in [0.1, 0.15) is 54.1 Å². The minimum Gasteiger partial charge on any atom is -0.483 e. The number of nitrogens with zero attached hydrogens (tertiary/aromatic N) is 2. The number of piperidine rings is 1. The van der Waals surface area contributed by atoms with Crippen LogP contribution in [0.3, 0.4) is 0 Å². The molecule has 0 saturated carbocycles. The fourth-order valence-corrected chi connectivity index (χ4v) is 4.43. The van der Waals surface area contributed by atoms with Gasteiger partial charge in [0.15, 0.2) is 6.61 Å². The van der Waals surface area contributed by atoms with Gasteiger partial charge in [0.2, 0.25) is 0 Å². The first-order valence-electron chi connectivity index (χ1n) is 10.4. The van der Waals surface area contributed by atoms with Crippen LogP contribution in [-0.2, 0) is 4.79 Å². The maximum absolute atomic E-state index is 13.0. The lowest BCUT2D eigenvalue weighted by Crippen LogP contribution is -2.38. The number of carbonyl (C=O) groups is 2. The number of ether oxygens (including phenoxy) is 1. The lowest BCUT2D eigenvalue weighted by Gasteiger charge is -2.27. The van der Waals surface area contributed by atoms with Crippen LogP contribution in [0.5, 0.6) is 5.75 Å². The van der Waals surface area contributed by atoms with E-state index in [2.05, 4.69) is 6.92 Å². The van der Waals surface area contributed by atoms with Gasteiger partial charge in [-0.1, -0.05) is 0 Å². The minimum absolute atomic E-state index is 0.0392. The standard InChI is InChI=1S/C22H33N3O3/c1-15-9-19(22(27)25-13-18(12-23)11-17(25)3)10-16(2)21(15)28-14-20(26)24-7-5-4-6-8-24/h9-10,17-18H,4-8,11-14,23H2,1-3H3. The first-order chi connectivity index (χ1) is 13.4. The Morgan fingerprint density at radius 1 is 1.14 bits per heavy atom. The third-order valence-corrected chi connectivity index (χ3v) is 6.01. The van der Waals surface area contributed by atoms with Crippen molar-refractivity contribution in [3.05, 3.63) is 28.8 Å². The highest BCUT2D eigenvalue weighted by atomic mass is 16.5. The fraction of sp³-hybridized carbons (Fsp3) is 0.636. The van der Waals surface area contributed by atoms with Crippen molar-refractivity contribution in [2.24, 2.45) is 11.7 Å². The van der Waals surface area contributed by atoms with Gasteiger partial charge in [0, 0.05) is 31.2 Å². The first kappa shape index (κ1) is 20.6. The quantitative estimate of drug-likeness (QED) is 0.842. The topological polar surface area (TPSA) is 75.9 Å². The van der Waals surface area contributed by atoms with Gasteiger partial charge in [0.25, 0.3) is 11.8 Å². The van der Waals surface area contributed by atoms with E-state index >= 15 is 0 Å². The number of aryl methyl sites for hydroxylation is 2. The summed E-state index contributed by atoms with van der Waals surface area (Å²) in [5.41, 5.74) is 8.24. The molecule has 1 aromatic carbocycles. The summed E-state index contributed by atoms with van der Waals surface area (Å²) in [6.07, 6.45) is 4.29. The van der Waals surface area contributed by atoms with E-state index in [1.54, 1.807) is 0 Å². The molecule has 2 aliphatic heterocycles. The van der Waals surface area contributed by atoms with Crippen LogP contribution in [0.2, 0.25) is 0 Å². The molecule has 0 bridgehead atoms. The molecule has 0 aliphatic carbocycles. The molecule has 0 radical (unpaired) electrons. The zero-order valence-corrected chi connectivity index (χ0v) is 17.4. The van der Waals surface area contributed by atoms with Crippen molar-refractivity contribution >= 4 is 11.8 Å².